The van der Waals surface area contributed by atoms with Crippen molar-refractivity contribution in [2.24, 2.45) is 10.4 Å². The Morgan fingerprint density at radius 1 is 1.32 bits per heavy atom. The van der Waals surface area contributed by atoms with Gasteiger partial charge in [-0.15, -0.1) is 0 Å². The molecule has 0 radical (unpaired) electrons. The quantitative estimate of drug-likeness (QED) is 0.557. The van der Waals surface area contributed by atoms with Gasteiger partial charge in [-0.1, -0.05) is 19.0 Å². The number of hydrogen-bond acceptors (Lipinski definition) is 4. The zero-order chi connectivity index (χ0) is 18.4. The first-order chi connectivity index (χ1) is 12.0. The van der Waals surface area contributed by atoms with Gasteiger partial charge in [0.2, 0.25) is 0 Å². The Bertz CT molecular complexity index is 558. The van der Waals surface area contributed by atoms with Gasteiger partial charge in [0.25, 0.3) is 0 Å². The van der Waals surface area contributed by atoms with Crippen LogP contribution in [0.15, 0.2) is 9.52 Å². The number of hydrogen-bond donors (Lipinski definition) is 2. The van der Waals surface area contributed by atoms with E-state index < -0.39 is 0 Å². The first kappa shape index (κ1) is 19.8. The lowest BCUT2D eigenvalue weighted by Crippen LogP contribution is -2.65. The Balaban J connectivity index is 1.89. The molecule has 25 heavy (non-hydrogen) atoms. The second kappa shape index (κ2) is 8.70. The standard InChI is InChI=1S/C19H34N4O2/c1-7-19(8-2)16(12-17(19)24-9-3)22-18(20-6)21-11-10-15-13(4)23-25-14(15)5/h16-17H,7-12H2,1-6H3,(H2,20,21,22). The lowest BCUT2D eigenvalue weighted by Gasteiger charge is -2.55. The summed E-state index contributed by atoms with van der Waals surface area (Å²) >= 11 is 0. The molecule has 1 aromatic heterocycles. The minimum atomic E-state index is 0.204. The summed E-state index contributed by atoms with van der Waals surface area (Å²) in [6.45, 7) is 12.1. The van der Waals surface area contributed by atoms with Crippen LogP contribution in [0.4, 0.5) is 0 Å². The third kappa shape index (κ3) is 4.00. The molecule has 0 aliphatic heterocycles. The number of aliphatic imine (C=N–C) groups is 1. The minimum absolute atomic E-state index is 0.204. The first-order valence-electron chi connectivity index (χ1n) is 9.52. The van der Waals surface area contributed by atoms with Crippen molar-refractivity contribution < 1.29 is 9.26 Å². The van der Waals surface area contributed by atoms with Gasteiger partial charge in [-0.25, -0.2) is 0 Å². The Morgan fingerprint density at radius 3 is 2.56 bits per heavy atom. The van der Waals surface area contributed by atoms with Crippen LogP contribution in [0.1, 0.15) is 57.1 Å². The van der Waals surface area contributed by atoms with E-state index in [-0.39, 0.29) is 5.41 Å². The highest BCUT2D eigenvalue weighted by Crippen LogP contribution is 2.48. The highest BCUT2D eigenvalue weighted by Gasteiger charge is 2.53. The van der Waals surface area contributed by atoms with Gasteiger partial charge in [-0.3, -0.25) is 4.99 Å². The van der Waals surface area contributed by atoms with Crippen LogP contribution in [0.3, 0.4) is 0 Å². The Morgan fingerprint density at radius 2 is 2.04 bits per heavy atom. The van der Waals surface area contributed by atoms with E-state index in [1.54, 1.807) is 0 Å². The van der Waals surface area contributed by atoms with E-state index in [0.717, 1.165) is 56.2 Å². The first-order valence-corrected chi connectivity index (χ1v) is 9.52. The average Bonchev–Trinajstić information content (AvgIpc) is 2.92. The van der Waals surface area contributed by atoms with Gasteiger partial charge in [0.05, 0.1) is 11.8 Å². The molecule has 1 fully saturated rings. The number of ether oxygens (including phenoxy) is 1. The van der Waals surface area contributed by atoms with E-state index in [9.17, 15) is 0 Å². The van der Waals surface area contributed by atoms with Gasteiger partial charge < -0.3 is 19.9 Å². The lowest BCUT2D eigenvalue weighted by atomic mass is 9.58. The fraction of sp³-hybridized carbons (Fsp3) is 0.789. The topological polar surface area (TPSA) is 71.7 Å². The third-order valence-electron chi connectivity index (χ3n) is 5.85. The monoisotopic (exact) mass is 350 g/mol. The van der Waals surface area contributed by atoms with Gasteiger partial charge >= 0.3 is 0 Å². The third-order valence-corrected chi connectivity index (χ3v) is 5.85. The van der Waals surface area contributed by atoms with Crippen molar-refractivity contribution in [3.8, 4) is 0 Å². The van der Waals surface area contributed by atoms with Gasteiger partial charge in [0, 0.05) is 37.2 Å². The van der Waals surface area contributed by atoms with Crippen LogP contribution < -0.4 is 10.6 Å². The minimum Gasteiger partial charge on any atom is -0.378 e. The zero-order valence-electron chi connectivity index (χ0n) is 16.6. The van der Waals surface area contributed by atoms with Crippen LogP contribution in [0.25, 0.3) is 0 Å². The predicted molar refractivity (Wildman–Crippen MR) is 101 cm³/mol. The maximum atomic E-state index is 5.96. The van der Waals surface area contributed by atoms with Crippen molar-refractivity contribution in [3.63, 3.8) is 0 Å². The molecule has 2 rings (SSSR count). The van der Waals surface area contributed by atoms with Crippen molar-refractivity contribution in [1.82, 2.24) is 15.8 Å². The molecule has 1 aliphatic rings. The van der Waals surface area contributed by atoms with Crippen LogP contribution in [-0.4, -0.2) is 43.5 Å². The molecule has 1 heterocycles. The van der Waals surface area contributed by atoms with Crippen LogP contribution in [0.5, 0.6) is 0 Å². The van der Waals surface area contributed by atoms with Crippen molar-refractivity contribution >= 4 is 5.96 Å². The van der Waals surface area contributed by atoms with Crippen LogP contribution >= 0.6 is 0 Å². The summed E-state index contributed by atoms with van der Waals surface area (Å²) in [4.78, 5) is 4.39. The predicted octanol–water partition coefficient (Wildman–Crippen LogP) is 2.98. The number of nitrogens with zero attached hydrogens (tertiary/aromatic N) is 2. The van der Waals surface area contributed by atoms with Gasteiger partial charge in [0.1, 0.15) is 5.76 Å². The largest absolute Gasteiger partial charge is 0.378 e. The summed E-state index contributed by atoms with van der Waals surface area (Å²) < 4.78 is 11.2. The van der Waals surface area contributed by atoms with Crippen LogP contribution in [0, 0.1) is 19.3 Å². The summed E-state index contributed by atoms with van der Waals surface area (Å²) in [7, 11) is 1.82. The smallest absolute Gasteiger partial charge is 0.191 e. The molecule has 6 nitrogen and oxygen atoms in total. The normalized spacial score (nSPS) is 22.6. The number of rotatable bonds is 8. The number of aromatic nitrogens is 1. The SMILES string of the molecule is CCOC1CC(NC(=NC)NCCc2c(C)noc2C)C1(CC)CC. The molecule has 0 bridgehead atoms. The fourth-order valence-corrected chi connectivity index (χ4v) is 4.11. The maximum absolute atomic E-state index is 5.96. The molecule has 0 amide bonds. The van der Waals surface area contributed by atoms with E-state index in [0.29, 0.717) is 12.1 Å². The van der Waals surface area contributed by atoms with E-state index in [1.165, 1.54) is 5.56 Å². The molecule has 2 unspecified atom stereocenters. The second-order valence-corrected chi connectivity index (χ2v) is 6.87. The molecule has 0 aromatic carbocycles. The highest BCUT2D eigenvalue weighted by molar-refractivity contribution is 5.80. The Hall–Kier alpha value is -1.56. The molecule has 2 atom stereocenters. The molecule has 0 spiro atoms. The summed E-state index contributed by atoms with van der Waals surface area (Å²) in [6.07, 6.45) is 4.50. The van der Waals surface area contributed by atoms with E-state index in [4.69, 9.17) is 9.26 Å². The van der Waals surface area contributed by atoms with E-state index in [2.05, 4.69) is 41.6 Å². The molecule has 1 aliphatic carbocycles. The van der Waals surface area contributed by atoms with Crippen molar-refractivity contribution in [2.45, 2.75) is 72.4 Å². The van der Waals surface area contributed by atoms with Gasteiger partial charge in [-0.2, -0.15) is 0 Å². The molecular weight excluding hydrogens is 316 g/mol. The summed E-state index contributed by atoms with van der Waals surface area (Å²) in [5.74, 6) is 1.76. The van der Waals surface area contributed by atoms with Gasteiger partial charge in [0.15, 0.2) is 5.96 Å². The lowest BCUT2D eigenvalue weighted by molar-refractivity contribution is -0.133. The summed E-state index contributed by atoms with van der Waals surface area (Å²) in [5, 5.41) is 11.0. The van der Waals surface area contributed by atoms with Crippen LogP contribution in [-0.2, 0) is 11.2 Å². The number of nitrogens with one attached hydrogen (secondary N) is 2. The molecule has 1 saturated carbocycles. The molecular formula is C19H34N4O2. The van der Waals surface area contributed by atoms with Gasteiger partial charge in [-0.05, 0) is 46.5 Å². The fourth-order valence-electron chi connectivity index (χ4n) is 4.11. The molecule has 6 heteroatoms. The maximum Gasteiger partial charge on any atom is 0.191 e. The molecule has 0 saturated heterocycles. The summed E-state index contributed by atoms with van der Waals surface area (Å²) in [5.41, 5.74) is 2.35. The Labute approximate surface area is 151 Å². The molecule has 2 N–H and O–H groups in total. The van der Waals surface area contributed by atoms with Crippen molar-refractivity contribution in [1.29, 1.82) is 0 Å². The average molecular weight is 351 g/mol. The van der Waals surface area contributed by atoms with Crippen LogP contribution in [0.2, 0.25) is 0 Å². The Kier molecular flexibility index (Phi) is 6.87. The second-order valence-electron chi connectivity index (χ2n) is 6.87. The van der Waals surface area contributed by atoms with E-state index >= 15 is 0 Å². The van der Waals surface area contributed by atoms with Crippen molar-refractivity contribution in [2.75, 3.05) is 20.2 Å². The van der Waals surface area contributed by atoms with Crippen molar-refractivity contribution in [3.05, 3.63) is 17.0 Å². The van der Waals surface area contributed by atoms with E-state index in [1.807, 2.05) is 20.9 Å². The summed E-state index contributed by atoms with van der Waals surface area (Å²) in [6, 6.07) is 0.407. The highest BCUT2D eigenvalue weighted by atomic mass is 16.5. The molecule has 1 aromatic rings. The number of aryl methyl sites for hydroxylation is 2. The number of guanidine groups is 1. The zero-order valence-corrected chi connectivity index (χ0v) is 16.6. The molecule has 142 valence electrons.